The van der Waals surface area contributed by atoms with Crippen molar-refractivity contribution in [2.75, 3.05) is 18.4 Å². The fraction of sp³-hybridized carbons (Fsp3) is 0.214. The van der Waals surface area contributed by atoms with Gasteiger partial charge in [-0.05, 0) is 18.2 Å². The first kappa shape index (κ1) is 17.8. The summed E-state index contributed by atoms with van der Waals surface area (Å²) >= 11 is 11.6. The van der Waals surface area contributed by atoms with E-state index in [0.29, 0.717) is 28.8 Å². The number of hydrogen-bond acceptors (Lipinski definition) is 4. The molecule has 0 saturated carbocycles. The van der Waals surface area contributed by atoms with Crippen molar-refractivity contribution in [2.45, 2.75) is 6.92 Å². The van der Waals surface area contributed by atoms with E-state index in [1.807, 2.05) is 0 Å². The Kier molecular flexibility index (Phi) is 7.23. The summed E-state index contributed by atoms with van der Waals surface area (Å²) in [7, 11) is 0. The molecule has 22 heavy (non-hydrogen) atoms. The molecule has 1 rings (SSSR count). The highest BCUT2D eigenvalue weighted by Gasteiger charge is 2.10. The van der Waals surface area contributed by atoms with E-state index in [1.165, 1.54) is 19.2 Å². The van der Waals surface area contributed by atoms with Crippen LogP contribution < -0.4 is 16.0 Å². The zero-order chi connectivity index (χ0) is 16.5. The number of nitriles is 1. The van der Waals surface area contributed by atoms with Gasteiger partial charge in [-0.2, -0.15) is 5.26 Å². The average molecular weight is 341 g/mol. The van der Waals surface area contributed by atoms with Gasteiger partial charge in [-0.1, -0.05) is 23.2 Å². The van der Waals surface area contributed by atoms with Gasteiger partial charge in [-0.3, -0.25) is 9.59 Å². The summed E-state index contributed by atoms with van der Waals surface area (Å²) in [4.78, 5) is 22.6. The van der Waals surface area contributed by atoms with Crippen LogP contribution in [0.2, 0.25) is 10.0 Å². The second-order valence-corrected chi connectivity index (χ2v) is 5.00. The molecule has 0 aliphatic heterocycles. The van der Waals surface area contributed by atoms with E-state index in [4.69, 9.17) is 28.5 Å². The topological polar surface area (TPSA) is 94.0 Å². The van der Waals surface area contributed by atoms with Gasteiger partial charge in [0.2, 0.25) is 5.91 Å². The van der Waals surface area contributed by atoms with Crippen LogP contribution in [0.15, 0.2) is 30.0 Å². The number of amides is 2. The molecule has 0 spiro atoms. The van der Waals surface area contributed by atoms with Gasteiger partial charge in [-0.15, -0.1) is 0 Å². The zero-order valence-corrected chi connectivity index (χ0v) is 13.3. The lowest BCUT2D eigenvalue weighted by Crippen LogP contribution is -2.28. The van der Waals surface area contributed by atoms with Crippen LogP contribution in [-0.4, -0.2) is 24.9 Å². The first-order valence-electron chi connectivity index (χ1n) is 6.28. The van der Waals surface area contributed by atoms with E-state index >= 15 is 0 Å². The van der Waals surface area contributed by atoms with Crippen LogP contribution in [0.5, 0.6) is 0 Å². The van der Waals surface area contributed by atoms with Crippen LogP contribution in [0.25, 0.3) is 0 Å². The van der Waals surface area contributed by atoms with Gasteiger partial charge in [0.05, 0.1) is 10.0 Å². The van der Waals surface area contributed by atoms with Gasteiger partial charge in [-0.25, -0.2) is 0 Å². The molecule has 8 heteroatoms. The van der Waals surface area contributed by atoms with Crippen molar-refractivity contribution in [1.82, 2.24) is 10.6 Å². The summed E-state index contributed by atoms with van der Waals surface area (Å²) in [5, 5.41) is 17.5. The van der Waals surface area contributed by atoms with Crippen molar-refractivity contribution >= 4 is 40.7 Å². The van der Waals surface area contributed by atoms with Crippen molar-refractivity contribution < 1.29 is 9.59 Å². The van der Waals surface area contributed by atoms with Crippen LogP contribution in [-0.2, 0) is 9.59 Å². The van der Waals surface area contributed by atoms with Crippen molar-refractivity contribution in [3.63, 3.8) is 0 Å². The predicted octanol–water partition coefficient (Wildman–Crippen LogP) is 2.07. The number of benzene rings is 1. The van der Waals surface area contributed by atoms with Crippen LogP contribution >= 0.6 is 23.2 Å². The van der Waals surface area contributed by atoms with Crippen molar-refractivity contribution in [1.29, 1.82) is 5.26 Å². The predicted molar refractivity (Wildman–Crippen MR) is 85.5 cm³/mol. The molecule has 0 fully saturated rings. The minimum absolute atomic E-state index is 0.103. The summed E-state index contributed by atoms with van der Waals surface area (Å²) in [6.07, 6.45) is 1.29. The minimum Gasteiger partial charge on any atom is -0.388 e. The lowest BCUT2D eigenvalue weighted by Gasteiger charge is -2.06. The first-order valence-corrected chi connectivity index (χ1v) is 7.04. The summed E-state index contributed by atoms with van der Waals surface area (Å²) < 4.78 is 0. The highest BCUT2D eigenvalue weighted by molar-refractivity contribution is 6.42. The highest BCUT2D eigenvalue weighted by Crippen LogP contribution is 2.25. The number of nitrogens with one attached hydrogen (secondary N) is 3. The Labute approximate surface area is 138 Å². The summed E-state index contributed by atoms with van der Waals surface area (Å²) in [6, 6.07) is 6.39. The molecule has 0 unspecified atom stereocenters. The number of anilines is 1. The third-order valence-corrected chi connectivity index (χ3v) is 3.17. The molecule has 0 saturated heterocycles. The van der Waals surface area contributed by atoms with Gasteiger partial charge in [0.15, 0.2) is 0 Å². The first-order chi connectivity index (χ1) is 10.4. The number of carbonyl (C=O) groups is 2. The van der Waals surface area contributed by atoms with Crippen molar-refractivity contribution in [3.8, 4) is 6.07 Å². The molecule has 0 heterocycles. The van der Waals surface area contributed by atoms with Crippen LogP contribution in [0.3, 0.4) is 0 Å². The second-order valence-electron chi connectivity index (χ2n) is 4.19. The fourth-order valence-corrected chi connectivity index (χ4v) is 1.70. The van der Waals surface area contributed by atoms with Gasteiger partial charge >= 0.3 is 0 Å². The SMILES string of the molecule is CC(=O)NCCN/C=C(/C#N)C(=O)Nc1ccc(Cl)c(Cl)c1. The monoisotopic (exact) mass is 340 g/mol. The maximum atomic E-state index is 11.9. The molecule has 116 valence electrons. The molecule has 0 atom stereocenters. The fourth-order valence-electron chi connectivity index (χ4n) is 1.41. The lowest BCUT2D eigenvalue weighted by atomic mass is 10.2. The Morgan fingerprint density at radius 2 is 2.00 bits per heavy atom. The number of hydrogen-bond donors (Lipinski definition) is 3. The van der Waals surface area contributed by atoms with E-state index in [1.54, 1.807) is 18.2 Å². The van der Waals surface area contributed by atoms with E-state index in [2.05, 4.69) is 16.0 Å². The Hall–Kier alpha value is -2.23. The van der Waals surface area contributed by atoms with E-state index in [9.17, 15) is 9.59 Å². The number of nitrogens with zero attached hydrogens (tertiary/aromatic N) is 1. The standard InChI is InChI=1S/C14H14Cl2N4O2/c1-9(21)19-5-4-18-8-10(7-17)14(22)20-11-2-3-12(15)13(16)6-11/h2-3,6,8,18H,4-5H2,1H3,(H,19,21)(H,20,22)/b10-8-. The molecule has 3 N–H and O–H groups in total. The van der Waals surface area contributed by atoms with Crippen molar-refractivity contribution in [2.24, 2.45) is 0 Å². The largest absolute Gasteiger partial charge is 0.388 e. The third-order valence-electron chi connectivity index (χ3n) is 2.43. The Morgan fingerprint density at radius 3 is 2.59 bits per heavy atom. The second kappa shape index (κ2) is 8.93. The van der Waals surface area contributed by atoms with Crippen LogP contribution in [0.1, 0.15) is 6.92 Å². The molecule has 0 radical (unpaired) electrons. The summed E-state index contributed by atoms with van der Waals surface area (Å²) in [5.41, 5.74) is 0.327. The zero-order valence-electron chi connectivity index (χ0n) is 11.7. The molecule has 1 aromatic rings. The summed E-state index contributed by atoms with van der Waals surface area (Å²) in [5.74, 6) is -0.725. The smallest absolute Gasteiger partial charge is 0.267 e. The third kappa shape index (κ3) is 6.04. The van der Waals surface area contributed by atoms with Gasteiger partial charge < -0.3 is 16.0 Å². The molecule has 1 aromatic carbocycles. The van der Waals surface area contributed by atoms with Crippen LogP contribution in [0, 0.1) is 11.3 Å². The normalized spacial score (nSPS) is 10.5. The van der Waals surface area contributed by atoms with E-state index < -0.39 is 5.91 Å². The maximum absolute atomic E-state index is 11.9. The quantitative estimate of drug-likeness (QED) is 0.419. The molecular formula is C14H14Cl2N4O2. The molecular weight excluding hydrogens is 327 g/mol. The van der Waals surface area contributed by atoms with Gasteiger partial charge in [0.25, 0.3) is 5.91 Å². The Balaban J connectivity index is 2.58. The number of halogens is 2. The number of carbonyl (C=O) groups excluding carboxylic acids is 2. The molecule has 0 aliphatic rings. The Morgan fingerprint density at radius 1 is 1.27 bits per heavy atom. The molecule has 2 amide bonds. The van der Waals surface area contributed by atoms with Crippen LogP contribution in [0.4, 0.5) is 5.69 Å². The van der Waals surface area contributed by atoms with E-state index in [-0.39, 0.29) is 11.5 Å². The Bertz CT molecular complexity index is 638. The molecule has 6 nitrogen and oxygen atoms in total. The lowest BCUT2D eigenvalue weighted by molar-refractivity contribution is -0.119. The summed E-state index contributed by atoms with van der Waals surface area (Å²) in [6.45, 7) is 2.19. The molecule has 0 aliphatic carbocycles. The van der Waals surface area contributed by atoms with E-state index in [0.717, 1.165) is 0 Å². The molecule has 0 aromatic heterocycles. The van der Waals surface area contributed by atoms with Crippen molar-refractivity contribution in [3.05, 3.63) is 40.0 Å². The maximum Gasteiger partial charge on any atom is 0.267 e. The number of rotatable bonds is 6. The average Bonchev–Trinajstić information content (AvgIpc) is 2.46. The van der Waals surface area contributed by atoms with Gasteiger partial charge in [0, 0.05) is 31.9 Å². The minimum atomic E-state index is -0.576. The van der Waals surface area contributed by atoms with Gasteiger partial charge in [0.1, 0.15) is 11.6 Å². The molecule has 0 bridgehead atoms. The highest BCUT2D eigenvalue weighted by atomic mass is 35.5.